The number of nitrogens with zero attached hydrogens (tertiary/aromatic N) is 2. The van der Waals surface area contributed by atoms with Gasteiger partial charge in [0.05, 0.1) is 17.3 Å². The van der Waals surface area contributed by atoms with Crippen LogP contribution in [0.3, 0.4) is 0 Å². The SMILES string of the molecule is CC(C)c1ccc(-c2ccc(C(=O)O)cc2)c2nsnc12. The van der Waals surface area contributed by atoms with Crippen LogP contribution in [-0.4, -0.2) is 19.8 Å². The number of hydrogen-bond donors (Lipinski definition) is 1. The van der Waals surface area contributed by atoms with Crippen molar-refractivity contribution in [1.29, 1.82) is 0 Å². The third-order valence-electron chi connectivity index (χ3n) is 3.51. The van der Waals surface area contributed by atoms with Crippen LogP contribution >= 0.6 is 11.7 Å². The minimum absolute atomic E-state index is 0.283. The molecule has 0 aliphatic carbocycles. The molecule has 0 aliphatic rings. The molecule has 4 nitrogen and oxygen atoms in total. The van der Waals surface area contributed by atoms with E-state index in [2.05, 4.69) is 28.7 Å². The first-order valence-electron chi connectivity index (χ1n) is 6.67. The van der Waals surface area contributed by atoms with Crippen molar-refractivity contribution in [2.45, 2.75) is 19.8 Å². The highest BCUT2D eigenvalue weighted by molar-refractivity contribution is 7.00. The Hall–Kier alpha value is -2.27. The van der Waals surface area contributed by atoms with Crippen molar-refractivity contribution in [1.82, 2.24) is 8.75 Å². The van der Waals surface area contributed by atoms with Crippen LogP contribution in [0.4, 0.5) is 0 Å². The zero-order chi connectivity index (χ0) is 15.0. The van der Waals surface area contributed by atoms with Crippen LogP contribution < -0.4 is 0 Å². The standard InChI is InChI=1S/C16H14N2O2S/c1-9(2)12-7-8-13(15-14(12)17-21-18-15)10-3-5-11(6-4-10)16(19)20/h3-9H,1-2H3,(H,19,20). The molecule has 0 amide bonds. The summed E-state index contributed by atoms with van der Waals surface area (Å²) in [6.07, 6.45) is 0. The number of aromatic nitrogens is 2. The molecule has 3 rings (SSSR count). The molecular formula is C16H14N2O2S. The predicted octanol–water partition coefficient (Wildman–Crippen LogP) is 4.18. The van der Waals surface area contributed by atoms with E-state index in [1.165, 1.54) is 17.3 Å². The summed E-state index contributed by atoms with van der Waals surface area (Å²) in [5.41, 5.74) is 5.23. The molecule has 1 aromatic heterocycles. The average molecular weight is 298 g/mol. The van der Waals surface area contributed by atoms with Gasteiger partial charge in [-0.3, -0.25) is 0 Å². The fraction of sp³-hybridized carbons (Fsp3) is 0.188. The van der Waals surface area contributed by atoms with Gasteiger partial charge < -0.3 is 5.11 Å². The second-order valence-electron chi connectivity index (χ2n) is 5.20. The molecule has 1 N–H and O–H groups in total. The number of carbonyl (C=O) groups is 1. The molecule has 0 aliphatic heterocycles. The zero-order valence-electron chi connectivity index (χ0n) is 11.7. The second kappa shape index (κ2) is 5.26. The third kappa shape index (κ3) is 2.40. The van der Waals surface area contributed by atoms with Crippen molar-refractivity contribution < 1.29 is 9.90 Å². The lowest BCUT2D eigenvalue weighted by molar-refractivity contribution is 0.0697. The van der Waals surface area contributed by atoms with E-state index in [1.54, 1.807) is 12.1 Å². The number of aromatic carboxylic acids is 1. The first kappa shape index (κ1) is 13.7. The largest absolute Gasteiger partial charge is 0.478 e. The summed E-state index contributed by atoms with van der Waals surface area (Å²) in [6, 6.07) is 11.0. The minimum Gasteiger partial charge on any atom is -0.478 e. The molecule has 1 heterocycles. The number of benzene rings is 2. The van der Waals surface area contributed by atoms with E-state index in [9.17, 15) is 4.79 Å². The first-order valence-corrected chi connectivity index (χ1v) is 7.40. The van der Waals surface area contributed by atoms with E-state index in [1.807, 2.05) is 18.2 Å². The molecule has 21 heavy (non-hydrogen) atoms. The summed E-state index contributed by atoms with van der Waals surface area (Å²) >= 11 is 1.21. The quantitative estimate of drug-likeness (QED) is 0.788. The first-order chi connectivity index (χ1) is 10.1. The van der Waals surface area contributed by atoms with Crippen LogP contribution in [-0.2, 0) is 0 Å². The van der Waals surface area contributed by atoms with Gasteiger partial charge >= 0.3 is 5.97 Å². The topological polar surface area (TPSA) is 63.1 Å². The monoisotopic (exact) mass is 298 g/mol. The van der Waals surface area contributed by atoms with Gasteiger partial charge in [0.2, 0.25) is 0 Å². The van der Waals surface area contributed by atoms with Crippen molar-refractivity contribution in [3.63, 3.8) is 0 Å². The summed E-state index contributed by atoms with van der Waals surface area (Å²) in [4.78, 5) is 10.9. The van der Waals surface area contributed by atoms with Gasteiger partial charge in [0.25, 0.3) is 0 Å². The number of rotatable bonds is 3. The van der Waals surface area contributed by atoms with Crippen molar-refractivity contribution in [2.24, 2.45) is 0 Å². The average Bonchev–Trinajstić information content (AvgIpc) is 2.95. The number of hydrogen-bond acceptors (Lipinski definition) is 4. The highest BCUT2D eigenvalue weighted by Gasteiger charge is 2.14. The van der Waals surface area contributed by atoms with Gasteiger partial charge in [-0.25, -0.2) is 4.79 Å². The van der Waals surface area contributed by atoms with Gasteiger partial charge in [0.1, 0.15) is 11.0 Å². The minimum atomic E-state index is -0.919. The lowest BCUT2D eigenvalue weighted by Gasteiger charge is -2.09. The smallest absolute Gasteiger partial charge is 0.335 e. The number of carboxylic acid groups (broad SMARTS) is 1. The Morgan fingerprint density at radius 2 is 1.71 bits per heavy atom. The Morgan fingerprint density at radius 3 is 2.33 bits per heavy atom. The van der Waals surface area contributed by atoms with Gasteiger partial charge in [-0.05, 0) is 29.2 Å². The van der Waals surface area contributed by atoms with Gasteiger partial charge in [-0.2, -0.15) is 8.75 Å². The van der Waals surface area contributed by atoms with Crippen LogP contribution in [0.15, 0.2) is 36.4 Å². The van der Waals surface area contributed by atoms with Gasteiger partial charge in [-0.15, -0.1) is 0 Å². The van der Waals surface area contributed by atoms with Crippen molar-refractivity contribution in [3.05, 3.63) is 47.5 Å². The lowest BCUT2D eigenvalue weighted by Crippen LogP contribution is -1.95. The molecular weight excluding hydrogens is 284 g/mol. The van der Waals surface area contributed by atoms with E-state index in [0.29, 0.717) is 5.92 Å². The van der Waals surface area contributed by atoms with Crippen LogP contribution in [0, 0.1) is 0 Å². The summed E-state index contributed by atoms with van der Waals surface area (Å²) in [6.45, 7) is 4.27. The van der Waals surface area contributed by atoms with E-state index >= 15 is 0 Å². The molecule has 0 saturated heterocycles. The molecule has 5 heteroatoms. The molecule has 0 unspecified atom stereocenters. The molecule has 0 bridgehead atoms. The summed E-state index contributed by atoms with van der Waals surface area (Å²) in [5.74, 6) is -0.531. The number of carboxylic acids is 1. The Kier molecular flexibility index (Phi) is 3.43. The maximum absolute atomic E-state index is 10.9. The molecule has 0 fully saturated rings. The van der Waals surface area contributed by atoms with E-state index in [0.717, 1.165) is 22.2 Å². The molecule has 0 radical (unpaired) electrons. The van der Waals surface area contributed by atoms with E-state index in [-0.39, 0.29) is 5.56 Å². The summed E-state index contributed by atoms with van der Waals surface area (Å²) in [5, 5.41) is 8.96. The predicted molar refractivity (Wildman–Crippen MR) is 83.9 cm³/mol. The van der Waals surface area contributed by atoms with E-state index in [4.69, 9.17) is 5.11 Å². The fourth-order valence-corrected chi connectivity index (χ4v) is 2.96. The van der Waals surface area contributed by atoms with Gasteiger partial charge in [0, 0.05) is 5.56 Å². The highest BCUT2D eigenvalue weighted by atomic mass is 32.1. The zero-order valence-corrected chi connectivity index (χ0v) is 12.5. The Bertz CT molecular complexity index is 807. The maximum atomic E-state index is 10.9. The summed E-state index contributed by atoms with van der Waals surface area (Å²) < 4.78 is 8.82. The molecule has 106 valence electrons. The lowest BCUT2D eigenvalue weighted by atomic mass is 9.96. The van der Waals surface area contributed by atoms with Crippen molar-refractivity contribution >= 4 is 28.7 Å². The van der Waals surface area contributed by atoms with Gasteiger partial charge in [0.15, 0.2) is 0 Å². The maximum Gasteiger partial charge on any atom is 0.335 e. The van der Waals surface area contributed by atoms with Crippen molar-refractivity contribution in [3.8, 4) is 11.1 Å². The second-order valence-corrected chi connectivity index (χ2v) is 5.73. The molecule has 0 saturated carbocycles. The Labute approximate surface area is 126 Å². The summed E-state index contributed by atoms with van der Waals surface area (Å²) in [7, 11) is 0. The van der Waals surface area contributed by atoms with E-state index < -0.39 is 5.97 Å². The number of fused-ring (bicyclic) bond motifs is 1. The Balaban J connectivity index is 2.15. The highest BCUT2D eigenvalue weighted by Crippen LogP contribution is 2.32. The molecule has 0 atom stereocenters. The Morgan fingerprint density at radius 1 is 1.05 bits per heavy atom. The molecule has 0 spiro atoms. The van der Waals surface area contributed by atoms with Gasteiger partial charge in [-0.1, -0.05) is 38.1 Å². The van der Waals surface area contributed by atoms with Crippen LogP contribution in [0.5, 0.6) is 0 Å². The molecule has 3 aromatic rings. The van der Waals surface area contributed by atoms with Crippen LogP contribution in [0.25, 0.3) is 22.2 Å². The van der Waals surface area contributed by atoms with Crippen molar-refractivity contribution in [2.75, 3.05) is 0 Å². The van der Waals surface area contributed by atoms with Crippen LogP contribution in [0.1, 0.15) is 35.7 Å². The normalized spacial score (nSPS) is 11.2. The molecule has 2 aromatic carbocycles. The van der Waals surface area contributed by atoms with Crippen LogP contribution in [0.2, 0.25) is 0 Å². The third-order valence-corrected chi connectivity index (χ3v) is 4.04. The fourth-order valence-electron chi connectivity index (χ4n) is 2.38.